The normalized spacial score (nSPS) is 20.6. The van der Waals surface area contributed by atoms with Crippen molar-refractivity contribution in [2.45, 2.75) is 54.7 Å². The number of hydrogen-bond donors (Lipinski definition) is 1. The monoisotopic (exact) mass is 347 g/mol. The van der Waals surface area contributed by atoms with Crippen molar-refractivity contribution in [3.05, 3.63) is 40.9 Å². The lowest BCUT2D eigenvalue weighted by Crippen LogP contribution is -2.38. The molecule has 2 unspecified atom stereocenters. The highest BCUT2D eigenvalue weighted by Gasteiger charge is 2.33. The van der Waals surface area contributed by atoms with E-state index in [9.17, 15) is 4.79 Å². The number of carbonyl (C=O) groups is 1. The third kappa shape index (κ3) is 3.58. The molecule has 0 bridgehead atoms. The second-order valence-electron chi connectivity index (χ2n) is 6.54. The maximum Gasteiger partial charge on any atom is 0.233 e. The predicted octanol–water partition coefficient (Wildman–Crippen LogP) is 3.95. The summed E-state index contributed by atoms with van der Waals surface area (Å²) in [4.78, 5) is 12.5. The van der Waals surface area contributed by atoms with Gasteiger partial charge in [0, 0.05) is 0 Å². The Morgan fingerprint density at radius 2 is 2.22 bits per heavy atom. The standard InChI is InChI=1S/C17H21N3OS2/c1-11(23-16-20-18-10-22-16)15(21)19-14-8-9-17(2,3)13-7-5-4-6-12(13)14/h4-7,10-11,14H,8-9H2,1-3H3,(H,19,21). The van der Waals surface area contributed by atoms with Crippen LogP contribution in [0.5, 0.6) is 0 Å². The third-order valence-corrected chi connectivity index (χ3v) is 6.34. The Labute approximate surface area is 145 Å². The summed E-state index contributed by atoms with van der Waals surface area (Å²) < 4.78 is 0.831. The summed E-state index contributed by atoms with van der Waals surface area (Å²) in [5.74, 6) is 0.0599. The second-order valence-corrected chi connectivity index (χ2v) is 8.96. The molecule has 23 heavy (non-hydrogen) atoms. The Kier molecular flexibility index (Phi) is 4.73. The van der Waals surface area contributed by atoms with Gasteiger partial charge >= 0.3 is 0 Å². The summed E-state index contributed by atoms with van der Waals surface area (Å²) in [6.07, 6.45) is 2.05. The molecule has 0 aliphatic heterocycles. The lowest BCUT2D eigenvalue weighted by Gasteiger charge is -2.37. The van der Waals surface area contributed by atoms with Gasteiger partial charge in [-0.1, -0.05) is 61.2 Å². The van der Waals surface area contributed by atoms with E-state index < -0.39 is 0 Å². The van der Waals surface area contributed by atoms with E-state index in [1.807, 2.05) is 6.92 Å². The van der Waals surface area contributed by atoms with Gasteiger partial charge in [0.2, 0.25) is 5.91 Å². The zero-order valence-corrected chi connectivity index (χ0v) is 15.2. The molecule has 0 radical (unpaired) electrons. The van der Waals surface area contributed by atoms with Crippen LogP contribution in [0.15, 0.2) is 34.1 Å². The summed E-state index contributed by atoms with van der Waals surface area (Å²) >= 11 is 2.92. The SMILES string of the molecule is CC(Sc1nncs1)C(=O)NC1CCC(C)(C)c2ccccc21. The Hall–Kier alpha value is -1.40. The van der Waals surface area contributed by atoms with Gasteiger partial charge in [-0.05, 0) is 36.3 Å². The summed E-state index contributed by atoms with van der Waals surface area (Å²) in [5.41, 5.74) is 4.46. The Morgan fingerprint density at radius 1 is 1.43 bits per heavy atom. The minimum absolute atomic E-state index is 0.0599. The highest BCUT2D eigenvalue weighted by molar-refractivity contribution is 8.02. The van der Waals surface area contributed by atoms with E-state index in [0.29, 0.717) is 0 Å². The fraction of sp³-hybridized carbons (Fsp3) is 0.471. The molecule has 122 valence electrons. The maximum absolute atomic E-state index is 12.5. The van der Waals surface area contributed by atoms with E-state index >= 15 is 0 Å². The van der Waals surface area contributed by atoms with Crippen LogP contribution in [0.25, 0.3) is 0 Å². The van der Waals surface area contributed by atoms with Crippen LogP contribution >= 0.6 is 23.1 Å². The van der Waals surface area contributed by atoms with Crippen molar-refractivity contribution in [1.29, 1.82) is 0 Å². The molecule has 0 fully saturated rings. The average Bonchev–Trinajstić information content (AvgIpc) is 3.03. The molecule has 4 nitrogen and oxygen atoms in total. The Morgan fingerprint density at radius 3 is 2.96 bits per heavy atom. The van der Waals surface area contributed by atoms with Crippen molar-refractivity contribution in [3.8, 4) is 0 Å². The lowest BCUT2D eigenvalue weighted by molar-refractivity contribution is -0.121. The Balaban J connectivity index is 1.72. The zero-order valence-electron chi connectivity index (χ0n) is 13.6. The maximum atomic E-state index is 12.5. The quantitative estimate of drug-likeness (QED) is 0.851. The minimum atomic E-state index is -0.176. The number of benzene rings is 1. The van der Waals surface area contributed by atoms with E-state index in [0.717, 1.165) is 17.2 Å². The molecule has 1 amide bonds. The van der Waals surface area contributed by atoms with Gasteiger partial charge in [-0.3, -0.25) is 4.79 Å². The van der Waals surface area contributed by atoms with Gasteiger partial charge in [-0.15, -0.1) is 10.2 Å². The van der Waals surface area contributed by atoms with Crippen molar-refractivity contribution in [2.24, 2.45) is 0 Å². The van der Waals surface area contributed by atoms with E-state index in [-0.39, 0.29) is 22.6 Å². The smallest absolute Gasteiger partial charge is 0.233 e. The lowest BCUT2D eigenvalue weighted by atomic mass is 9.71. The fourth-order valence-electron chi connectivity index (χ4n) is 3.07. The first kappa shape index (κ1) is 16.5. The van der Waals surface area contributed by atoms with Crippen LogP contribution in [0, 0.1) is 0 Å². The van der Waals surface area contributed by atoms with Gasteiger partial charge in [0.1, 0.15) is 5.51 Å². The molecule has 6 heteroatoms. The molecular weight excluding hydrogens is 326 g/mol. The second kappa shape index (κ2) is 6.61. The zero-order chi connectivity index (χ0) is 16.4. The molecule has 0 saturated heterocycles. The minimum Gasteiger partial charge on any atom is -0.348 e. The van der Waals surface area contributed by atoms with Crippen molar-refractivity contribution >= 4 is 29.0 Å². The number of rotatable bonds is 4. The van der Waals surface area contributed by atoms with E-state index in [2.05, 4.69) is 53.6 Å². The number of carbonyl (C=O) groups excluding carboxylic acids is 1. The Bertz CT molecular complexity index is 685. The molecule has 0 spiro atoms. The number of nitrogens with one attached hydrogen (secondary N) is 1. The average molecular weight is 348 g/mol. The molecule has 1 aromatic heterocycles. The summed E-state index contributed by atoms with van der Waals surface area (Å²) in [7, 11) is 0. The van der Waals surface area contributed by atoms with Crippen LogP contribution in [-0.4, -0.2) is 21.4 Å². The van der Waals surface area contributed by atoms with Gasteiger partial charge in [0.15, 0.2) is 4.34 Å². The van der Waals surface area contributed by atoms with Crippen LogP contribution in [0.4, 0.5) is 0 Å². The van der Waals surface area contributed by atoms with E-state index in [1.54, 1.807) is 5.51 Å². The number of nitrogens with zero attached hydrogens (tertiary/aromatic N) is 2. The van der Waals surface area contributed by atoms with E-state index in [4.69, 9.17) is 0 Å². The number of amides is 1. The van der Waals surface area contributed by atoms with Crippen molar-refractivity contribution < 1.29 is 4.79 Å². The van der Waals surface area contributed by atoms with Gasteiger partial charge in [-0.2, -0.15) is 0 Å². The van der Waals surface area contributed by atoms with Crippen LogP contribution in [0.3, 0.4) is 0 Å². The van der Waals surface area contributed by atoms with E-state index in [1.165, 1.54) is 34.2 Å². The highest BCUT2D eigenvalue weighted by atomic mass is 32.2. The molecule has 0 saturated carbocycles. The van der Waals surface area contributed by atoms with Crippen molar-refractivity contribution in [3.63, 3.8) is 0 Å². The molecule has 2 aromatic rings. The summed E-state index contributed by atoms with van der Waals surface area (Å²) in [6.45, 7) is 6.47. The number of aromatic nitrogens is 2. The molecular formula is C17H21N3OS2. The van der Waals surface area contributed by atoms with Crippen LogP contribution in [-0.2, 0) is 10.2 Å². The van der Waals surface area contributed by atoms with Crippen LogP contribution in [0.2, 0.25) is 0 Å². The first-order valence-electron chi connectivity index (χ1n) is 7.80. The van der Waals surface area contributed by atoms with Gasteiger partial charge in [0.05, 0.1) is 11.3 Å². The molecule has 2 atom stereocenters. The topological polar surface area (TPSA) is 54.9 Å². The number of fused-ring (bicyclic) bond motifs is 1. The third-order valence-electron chi connectivity index (χ3n) is 4.43. The van der Waals surface area contributed by atoms with Gasteiger partial charge in [-0.25, -0.2) is 0 Å². The van der Waals surface area contributed by atoms with Crippen LogP contribution in [0.1, 0.15) is 50.8 Å². The molecule has 1 heterocycles. The highest BCUT2D eigenvalue weighted by Crippen LogP contribution is 2.41. The number of hydrogen-bond acceptors (Lipinski definition) is 5. The molecule has 1 aromatic carbocycles. The first-order chi connectivity index (χ1) is 11.0. The largest absolute Gasteiger partial charge is 0.348 e. The summed E-state index contributed by atoms with van der Waals surface area (Å²) in [5, 5.41) is 10.8. The number of thioether (sulfide) groups is 1. The molecule has 1 N–H and O–H groups in total. The van der Waals surface area contributed by atoms with Crippen molar-refractivity contribution in [2.75, 3.05) is 0 Å². The fourth-order valence-corrected chi connectivity index (χ4v) is 4.71. The first-order valence-corrected chi connectivity index (χ1v) is 9.56. The van der Waals surface area contributed by atoms with Crippen molar-refractivity contribution in [1.82, 2.24) is 15.5 Å². The molecule has 3 rings (SSSR count). The predicted molar refractivity (Wildman–Crippen MR) is 94.8 cm³/mol. The van der Waals surface area contributed by atoms with Gasteiger partial charge < -0.3 is 5.32 Å². The van der Waals surface area contributed by atoms with Crippen LogP contribution < -0.4 is 5.32 Å². The molecule has 1 aliphatic rings. The molecule has 1 aliphatic carbocycles. The summed E-state index contributed by atoms with van der Waals surface area (Å²) in [6, 6.07) is 8.57. The van der Waals surface area contributed by atoms with Gasteiger partial charge in [0.25, 0.3) is 0 Å².